The van der Waals surface area contributed by atoms with E-state index in [0.717, 1.165) is 6.26 Å². The molecule has 3 N–H and O–H groups in total. The minimum atomic E-state index is -3.33. The van der Waals surface area contributed by atoms with E-state index in [1.54, 1.807) is 30.5 Å². The summed E-state index contributed by atoms with van der Waals surface area (Å²) in [6.07, 6.45) is 3.66. The van der Waals surface area contributed by atoms with Crippen LogP contribution in [-0.4, -0.2) is 31.6 Å². The second kappa shape index (κ2) is 8.77. The molecular formula is C18H23N3O4S. The number of carbonyl (C=O) groups excluding carboxylic acids is 1. The maximum absolute atomic E-state index is 11.9. The van der Waals surface area contributed by atoms with E-state index in [-0.39, 0.29) is 23.4 Å². The highest BCUT2D eigenvalue weighted by molar-refractivity contribution is 7.90. The summed E-state index contributed by atoms with van der Waals surface area (Å²) in [7, 11) is -3.33. The van der Waals surface area contributed by atoms with Crippen LogP contribution >= 0.6 is 0 Å². The number of nitrogens with zero attached hydrogens (tertiary/aromatic N) is 1. The molecule has 1 amide bonds. The van der Waals surface area contributed by atoms with Crippen molar-refractivity contribution in [2.75, 3.05) is 6.26 Å². The molecule has 1 aromatic carbocycles. The van der Waals surface area contributed by atoms with Gasteiger partial charge in [0.1, 0.15) is 5.75 Å². The summed E-state index contributed by atoms with van der Waals surface area (Å²) in [4.78, 5) is 16.2. The molecule has 1 heterocycles. The number of pyridine rings is 1. The lowest BCUT2D eigenvalue weighted by molar-refractivity contribution is -0.121. The van der Waals surface area contributed by atoms with Crippen LogP contribution in [0.2, 0.25) is 0 Å². The van der Waals surface area contributed by atoms with E-state index in [2.05, 4.69) is 10.3 Å². The van der Waals surface area contributed by atoms with Crippen LogP contribution in [-0.2, 0) is 21.2 Å². The first kappa shape index (κ1) is 19.9. The SMILES string of the molecule is CC(N)CCC(=O)NCc1cccnc1Oc1cccc(S(C)(=O)=O)c1. The van der Waals surface area contributed by atoms with Crippen molar-refractivity contribution in [1.82, 2.24) is 10.3 Å². The molecule has 1 aromatic heterocycles. The van der Waals surface area contributed by atoms with Crippen LogP contribution in [0.5, 0.6) is 11.6 Å². The lowest BCUT2D eigenvalue weighted by Crippen LogP contribution is -2.25. The fraction of sp³-hybridized carbons (Fsp3) is 0.333. The molecule has 0 aliphatic carbocycles. The van der Waals surface area contributed by atoms with E-state index < -0.39 is 9.84 Å². The molecule has 26 heavy (non-hydrogen) atoms. The monoisotopic (exact) mass is 377 g/mol. The van der Waals surface area contributed by atoms with Gasteiger partial charge in [0, 0.05) is 37.0 Å². The standard InChI is InChI=1S/C18H23N3O4S/c1-13(19)8-9-17(22)21-12-14-5-4-10-20-18(14)25-15-6-3-7-16(11-15)26(2,23)24/h3-7,10-11,13H,8-9,12,19H2,1-2H3,(H,21,22). The number of ether oxygens (including phenoxy) is 1. The van der Waals surface area contributed by atoms with E-state index in [4.69, 9.17) is 10.5 Å². The van der Waals surface area contributed by atoms with Crippen molar-refractivity contribution in [2.24, 2.45) is 5.73 Å². The Morgan fingerprint density at radius 1 is 1.31 bits per heavy atom. The van der Waals surface area contributed by atoms with Gasteiger partial charge in [0.25, 0.3) is 0 Å². The van der Waals surface area contributed by atoms with Crippen LogP contribution in [0, 0.1) is 0 Å². The van der Waals surface area contributed by atoms with Crippen molar-refractivity contribution in [2.45, 2.75) is 37.2 Å². The van der Waals surface area contributed by atoms with Gasteiger partial charge in [-0.3, -0.25) is 4.79 Å². The van der Waals surface area contributed by atoms with Crippen LogP contribution < -0.4 is 15.8 Å². The average Bonchev–Trinajstić information content (AvgIpc) is 2.58. The van der Waals surface area contributed by atoms with Gasteiger partial charge in [0.05, 0.1) is 4.90 Å². The molecule has 0 saturated carbocycles. The molecule has 2 rings (SSSR count). The van der Waals surface area contributed by atoms with E-state index in [1.165, 1.54) is 12.1 Å². The van der Waals surface area contributed by atoms with E-state index in [0.29, 0.717) is 30.0 Å². The minimum absolute atomic E-state index is 0.0276. The first-order chi connectivity index (χ1) is 12.3. The third-order valence-electron chi connectivity index (χ3n) is 3.60. The first-order valence-electron chi connectivity index (χ1n) is 8.20. The van der Waals surface area contributed by atoms with Gasteiger partial charge in [-0.15, -0.1) is 0 Å². The van der Waals surface area contributed by atoms with Crippen LogP contribution in [0.1, 0.15) is 25.3 Å². The summed E-state index contributed by atoms with van der Waals surface area (Å²) in [5.41, 5.74) is 6.33. The summed E-state index contributed by atoms with van der Waals surface area (Å²) in [6.45, 7) is 2.11. The summed E-state index contributed by atoms with van der Waals surface area (Å²) in [5, 5.41) is 2.81. The smallest absolute Gasteiger partial charge is 0.224 e. The molecule has 0 fully saturated rings. The second-order valence-corrected chi connectivity index (χ2v) is 8.13. The van der Waals surface area contributed by atoms with Gasteiger partial charge in [-0.25, -0.2) is 13.4 Å². The molecule has 0 aliphatic rings. The molecule has 1 atom stereocenters. The molecule has 8 heteroatoms. The Morgan fingerprint density at radius 2 is 2.08 bits per heavy atom. The fourth-order valence-corrected chi connectivity index (χ4v) is 2.83. The number of hydrogen-bond acceptors (Lipinski definition) is 6. The Balaban J connectivity index is 2.08. The maximum Gasteiger partial charge on any atom is 0.224 e. The molecule has 0 spiro atoms. The summed E-state index contributed by atoms with van der Waals surface area (Å²) in [6, 6.07) is 9.69. The van der Waals surface area contributed by atoms with Crippen molar-refractivity contribution in [1.29, 1.82) is 0 Å². The molecule has 0 bridgehead atoms. The zero-order valence-corrected chi connectivity index (χ0v) is 15.6. The Labute approximate surface area is 153 Å². The highest BCUT2D eigenvalue weighted by Crippen LogP contribution is 2.25. The van der Waals surface area contributed by atoms with Gasteiger partial charge < -0.3 is 15.8 Å². The van der Waals surface area contributed by atoms with Crippen molar-refractivity contribution in [3.8, 4) is 11.6 Å². The highest BCUT2D eigenvalue weighted by Gasteiger charge is 2.11. The quantitative estimate of drug-likeness (QED) is 0.728. The maximum atomic E-state index is 11.9. The number of hydrogen-bond donors (Lipinski definition) is 2. The average molecular weight is 377 g/mol. The molecule has 0 radical (unpaired) electrons. The van der Waals surface area contributed by atoms with Crippen molar-refractivity contribution in [3.63, 3.8) is 0 Å². The third-order valence-corrected chi connectivity index (χ3v) is 4.71. The number of nitrogens with two attached hydrogens (primary N) is 1. The lowest BCUT2D eigenvalue weighted by atomic mass is 10.2. The van der Waals surface area contributed by atoms with E-state index in [9.17, 15) is 13.2 Å². The van der Waals surface area contributed by atoms with Crippen molar-refractivity contribution in [3.05, 3.63) is 48.2 Å². The number of amides is 1. The number of carbonyl (C=O) groups is 1. The van der Waals surface area contributed by atoms with Gasteiger partial charge in [-0.1, -0.05) is 12.1 Å². The van der Waals surface area contributed by atoms with Gasteiger partial charge in [0.15, 0.2) is 9.84 Å². The number of aromatic nitrogens is 1. The van der Waals surface area contributed by atoms with Crippen LogP contribution in [0.4, 0.5) is 0 Å². The van der Waals surface area contributed by atoms with Crippen LogP contribution in [0.3, 0.4) is 0 Å². The predicted octanol–water partition coefficient (Wildman–Crippen LogP) is 2.02. The van der Waals surface area contributed by atoms with Crippen LogP contribution in [0.15, 0.2) is 47.5 Å². The molecule has 0 aliphatic heterocycles. The fourth-order valence-electron chi connectivity index (χ4n) is 2.17. The first-order valence-corrected chi connectivity index (χ1v) is 10.1. The van der Waals surface area contributed by atoms with Gasteiger partial charge >= 0.3 is 0 Å². The molecular weight excluding hydrogens is 354 g/mol. The normalized spacial score (nSPS) is 12.4. The van der Waals surface area contributed by atoms with Crippen molar-refractivity contribution >= 4 is 15.7 Å². The Hall–Kier alpha value is -2.45. The summed E-state index contributed by atoms with van der Waals surface area (Å²) >= 11 is 0. The Morgan fingerprint density at radius 3 is 2.77 bits per heavy atom. The van der Waals surface area contributed by atoms with Gasteiger partial charge in [0.2, 0.25) is 11.8 Å². The zero-order chi connectivity index (χ0) is 19.2. The number of sulfone groups is 1. The number of nitrogens with one attached hydrogen (secondary N) is 1. The summed E-state index contributed by atoms with van der Waals surface area (Å²) in [5.74, 6) is 0.568. The summed E-state index contributed by atoms with van der Waals surface area (Å²) < 4.78 is 29.1. The topological polar surface area (TPSA) is 111 Å². The number of benzene rings is 1. The molecule has 0 saturated heterocycles. The largest absolute Gasteiger partial charge is 0.439 e. The minimum Gasteiger partial charge on any atom is -0.439 e. The second-order valence-electron chi connectivity index (χ2n) is 6.11. The molecule has 7 nitrogen and oxygen atoms in total. The third kappa shape index (κ3) is 6.12. The highest BCUT2D eigenvalue weighted by atomic mass is 32.2. The molecule has 140 valence electrons. The van der Waals surface area contributed by atoms with E-state index in [1.807, 2.05) is 6.92 Å². The van der Waals surface area contributed by atoms with Gasteiger partial charge in [-0.2, -0.15) is 0 Å². The van der Waals surface area contributed by atoms with E-state index >= 15 is 0 Å². The predicted molar refractivity (Wildman–Crippen MR) is 98.6 cm³/mol. The van der Waals surface area contributed by atoms with Gasteiger partial charge in [-0.05, 0) is 37.6 Å². The van der Waals surface area contributed by atoms with Crippen molar-refractivity contribution < 1.29 is 17.9 Å². The lowest BCUT2D eigenvalue weighted by Gasteiger charge is -2.12. The zero-order valence-electron chi connectivity index (χ0n) is 14.8. The Bertz CT molecular complexity index is 866. The molecule has 2 aromatic rings. The molecule has 1 unspecified atom stereocenters. The van der Waals surface area contributed by atoms with Crippen LogP contribution in [0.25, 0.3) is 0 Å². The Kier molecular flexibility index (Phi) is 6.70. The number of rotatable bonds is 8.